The molecule has 1 aliphatic heterocycles. The number of nitrogens with zero attached hydrogens (tertiary/aromatic N) is 2. The highest BCUT2D eigenvalue weighted by Crippen LogP contribution is 2.27. The van der Waals surface area contributed by atoms with E-state index >= 15 is 0 Å². The van der Waals surface area contributed by atoms with Crippen LogP contribution in [0.2, 0.25) is 5.02 Å². The SMILES string of the molecule is CN(C1CCNCC1)S(=O)(=O)c1cc(C#N)ccc1Cl. The van der Waals surface area contributed by atoms with Gasteiger partial charge in [-0.25, -0.2) is 8.42 Å². The van der Waals surface area contributed by atoms with Crippen LogP contribution in [0.5, 0.6) is 0 Å². The number of piperidine rings is 1. The lowest BCUT2D eigenvalue weighted by atomic mass is 10.1. The summed E-state index contributed by atoms with van der Waals surface area (Å²) >= 11 is 5.99. The van der Waals surface area contributed by atoms with Crippen LogP contribution in [0, 0.1) is 11.3 Å². The average Bonchev–Trinajstić information content (AvgIpc) is 2.47. The number of hydrogen-bond donors (Lipinski definition) is 1. The van der Waals surface area contributed by atoms with E-state index in [1.165, 1.54) is 22.5 Å². The van der Waals surface area contributed by atoms with Gasteiger partial charge in [0.25, 0.3) is 0 Å². The van der Waals surface area contributed by atoms with Crippen LogP contribution in [0.1, 0.15) is 18.4 Å². The predicted octanol–water partition coefficient (Wildman–Crippen LogP) is 1.58. The topological polar surface area (TPSA) is 73.2 Å². The first-order valence-corrected chi connectivity index (χ1v) is 8.17. The van der Waals surface area contributed by atoms with Crippen molar-refractivity contribution >= 4 is 21.6 Å². The molecule has 1 aromatic carbocycles. The Kier molecular flexibility index (Phi) is 4.66. The molecular formula is C13H16ClN3O2S. The highest BCUT2D eigenvalue weighted by molar-refractivity contribution is 7.89. The fourth-order valence-corrected chi connectivity index (χ4v) is 4.21. The van der Waals surface area contributed by atoms with Crippen molar-refractivity contribution in [1.29, 1.82) is 5.26 Å². The maximum Gasteiger partial charge on any atom is 0.244 e. The average molecular weight is 314 g/mol. The van der Waals surface area contributed by atoms with Crippen LogP contribution in [0.3, 0.4) is 0 Å². The molecule has 0 unspecified atom stereocenters. The lowest BCUT2D eigenvalue weighted by Crippen LogP contribution is -2.43. The van der Waals surface area contributed by atoms with Gasteiger partial charge in [-0.05, 0) is 44.1 Å². The van der Waals surface area contributed by atoms with Crippen molar-refractivity contribution in [3.05, 3.63) is 28.8 Å². The summed E-state index contributed by atoms with van der Waals surface area (Å²) in [5, 5.41) is 12.2. The normalized spacial score (nSPS) is 17.1. The Labute approximate surface area is 124 Å². The Bertz CT molecular complexity index is 634. The Hall–Kier alpha value is -1.13. The highest BCUT2D eigenvalue weighted by Gasteiger charge is 2.30. The van der Waals surface area contributed by atoms with E-state index < -0.39 is 10.0 Å². The molecule has 20 heavy (non-hydrogen) atoms. The monoisotopic (exact) mass is 313 g/mol. The third-order valence-corrected chi connectivity index (χ3v) is 5.93. The maximum atomic E-state index is 12.6. The Balaban J connectivity index is 2.36. The van der Waals surface area contributed by atoms with E-state index in [0.29, 0.717) is 0 Å². The van der Waals surface area contributed by atoms with Crippen LogP contribution in [-0.4, -0.2) is 38.9 Å². The molecule has 0 aromatic heterocycles. The summed E-state index contributed by atoms with van der Waals surface area (Å²) in [6, 6.07) is 6.18. The molecule has 0 bridgehead atoms. The summed E-state index contributed by atoms with van der Waals surface area (Å²) in [6.45, 7) is 1.60. The van der Waals surface area contributed by atoms with E-state index in [0.717, 1.165) is 25.9 Å². The van der Waals surface area contributed by atoms with Gasteiger partial charge in [0.05, 0.1) is 16.7 Å². The van der Waals surface area contributed by atoms with Crippen LogP contribution in [0.15, 0.2) is 23.1 Å². The molecule has 108 valence electrons. The van der Waals surface area contributed by atoms with Crippen molar-refractivity contribution in [1.82, 2.24) is 9.62 Å². The fraction of sp³-hybridized carbons (Fsp3) is 0.462. The fourth-order valence-electron chi connectivity index (χ4n) is 2.29. The van der Waals surface area contributed by atoms with E-state index in [2.05, 4.69) is 5.32 Å². The molecule has 0 amide bonds. The van der Waals surface area contributed by atoms with Crippen LogP contribution in [0.4, 0.5) is 0 Å². The molecule has 0 atom stereocenters. The van der Waals surface area contributed by atoms with Gasteiger partial charge >= 0.3 is 0 Å². The Morgan fingerprint density at radius 3 is 2.65 bits per heavy atom. The van der Waals surface area contributed by atoms with E-state index in [-0.39, 0.29) is 21.5 Å². The standard InChI is InChI=1S/C13H16ClN3O2S/c1-17(11-4-6-16-7-5-11)20(18,19)13-8-10(9-15)2-3-12(13)14/h2-3,8,11,16H,4-7H2,1H3. The molecule has 0 spiro atoms. The zero-order valence-electron chi connectivity index (χ0n) is 11.1. The molecule has 1 aliphatic rings. The molecular weight excluding hydrogens is 298 g/mol. The van der Waals surface area contributed by atoms with Crippen molar-refractivity contribution in [2.24, 2.45) is 0 Å². The quantitative estimate of drug-likeness (QED) is 0.919. The Morgan fingerprint density at radius 1 is 1.40 bits per heavy atom. The zero-order chi connectivity index (χ0) is 14.8. The number of nitrogens with one attached hydrogen (secondary N) is 1. The third kappa shape index (κ3) is 2.96. The molecule has 1 heterocycles. The van der Waals surface area contributed by atoms with Crippen LogP contribution < -0.4 is 5.32 Å². The van der Waals surface area contributed by atoms with Gasteiger partial charge < -0.3 is 5.32 Å². The minimum Gasteiger partial charge on any atom is -0.317 e. The van der Waals surface area contributed by atoms with Crippen molar-refractivity contribution in [2.45, 2.75) is 23.8 Å². The van der Waals surface area contributed by atoms with E-state index in [9.17, 15) is 8.42 Å². The molecule has 1 N–H and O–H groups in total. The van der Waals surface area contributed by atoms with Gasteiger partial charge in [0.2, 0.25) is 10.0 Å². The predicted molar refractivity (Wildman–Crippen MR) is 77.0 cm³/mol. The number of sulfonamides is 1. The molecule has 0 saturated carbocycles. The second-order valence-electron chi connectivity index (χ2n) is 4.76. The molecule has 1 aromatic rings. The second kappa shape index (κ2) is 6.10. The van der Waals surface area contributed by atoms with Crippen molar-refractivity contribution in [3.63, 3.8) is 0 Å². The van der Waals surface area contributed by atoms with Gasteiger partial charge in [0, 0.05) is 13.1 Å². The van der Waals surface area contributed by atoms with Gasteiger partial charge in [-0.3, -0.25) is 0 Å². The molecule has 1 saturated heterocycles. The number of rotatable bonds is 3. The first kappa shape index (κ1) is 15.3. The summed E-state index contributed by atoms with van der Waals surface area (Å²) in [5.41, 5.74) is 0.284. The van der Waals surface area contributed by atoms with Gasteiger partial charge in [0.1, 0.15) is 4.90 Å². The lowest BCUT2D eigenvalue weighted by Gasteiger charge is -2.31. The van der Waals surface area contributed by atoms with E-state index in [4.69, 9.17) is 16.9 Å². The Morgan fingerprint density at radius 2 is 2.05 bits per heavy atom. The maximum absolute atomic E-state index is 12.6. The van der Waals surface area contributed by atoms with Gasteiger partial charge in [-0.2, -0.15) is 9.57 Å². The van der Waals surface area contributed by atoms with Crippen LogP contribution in [0.25, 0.3) is 0 Å². The molecule has 7 heteroatoms. The molecule has 0 aliphatic carbocycles. The van der Waals surface area contributed by atoms with Crippen LogP contribution in [-0.2, 0) is 10.0 Å². The van der Waals surface area contributed by atoms with Crippen LogP contribution >= 0.6 is 11.6 Å². The minimum absolute atomic E-state index is 0.000695. The van der Waals surface area contributed by atoms with Crippen molar-refractivity contribution in [3.8, 4) is 6.07 Å². The first-order chi connectivity index (χ1) is 9.46. The lowest BCUT2D eigenvalue weighted by molar-refractivity contribution is 0.296. The zero-order valence-corrected chi connectivity index (χ0v) is 12.7. The second-order valence-corrected chi connectivity index (χ2v) is 7.13. The summed E-state index contributed by atoms with van der Waals surface area (Å²) in [7, 11) is -2.11. The smallest absolute Gasteiger partial charge is 0.244 e. The first-order valence-electron chi connectivity index (χ1n) is 6.35. The largest absolute Gasteiger partial charge is 0.317 e. The number of halogens is 1. The third-order valence-electron chi connectivity index (χ3n) is 3.54. The number of benzene rings is 1. The summed E-state index contributed by atoms with van der Waals surface area (Å²) in [4.78, 5) is -0.000695. The number of nitriles is 1. The molecule has 2 rings (SSSR count). The summed E-state index contributed by atoms with van der Waals surface area (Å²) in [6.07, 6.45) is 1.54. The van der Waals surface area contributed by atoms with Crippen molar-refractivity contribution < 1.29 is 8.42 Å². The van der Waals surface area contributed by atoms with Gasteiger partial charge in [0.15, 0.2) is 0 Å². The van der Waals surface area contributed by atoms with E-state index in [1.54, 1.807) is 7.05 Å². The highest BCUT2D eigenvalue weighted by atomic mass is 35.5. The molecule has 1 fully saturated rings. The molecule has 5 nitrogen and oxygen atoms in total. The molecule has 0 radical (unpaired) electrons. The van der Waals surface area contributed by atoms with Gasteiger partial charge in [-0.1, -0.05) is 11.6 Å². The summed E-state index contributed by atoms with van der Waals surface area (Å²) < 4.78 is 26.6. The summed E-state index contributed by atoms with van der Waals surface area (Å²) in [5.74, 6) is 0. The van der Waals surface area contributed by atoms with Gasteiger partial charge in [-0.15, -0.1) is 0 Å². The van der Waals surface area contributed by atoms with E-state index in [1.807, 2.05) is 6.07 Å². The minimum atomic E-state index is -3.68. The number of hydrogen-bond acceptors (Lipinski definition) is 4. The van der Waals surface area contributed by atoms with Crippen molar-refractivity contribution in [2.75, 3.05) is 20.1 Å².